The van der Waals surface area contributed by atoms with E-state index in [1.54, 1.807) is 19.1 Å². The molecule has 1 aliphatic carbocycles. The zero-order valence-electron chi connectivity index (χ0n) is 47.2. The van der Waals surface area contributed by atoms with Crippen LogP contribution in [0.2, 0.25) is 0 Å². The van der Waals surface area contributed by atoms with Crippen LogP contribution in [0.1, 0.15) is 152 Å². The number of phenolic OH excluding ortho intramolecular Hbond substituents is 1. The number of carbonyl (C=O) groups is 1. The van der Waals surface area contributed by atoms with Crippen molar-refractivity contribution in [1.29, 1.82) is 0 Å². The summed E-state index contributed by atoms with van der Waals surface area (Å²) in [7, 11) is -5.87. The van der Waals surface area contributed by atoms with Crippen molar-refractivity contribution in [2.45, 2.75) is 144 Å². The highest BCUT2D eigenvalue weighted by Gasteiger charge is 2.47. The Morgan fingerprint density at radius 2 is 0.924 bits per heavy atom. The van der Waals surface area contributed by atoms with Crippen molar-refractivity contribution in [1.82, 2.24) is 0 Å². The van der Waals surface area contributed by atoms with Gasteiger partial charge in [0.05, 0.1) is 16.3 Å². The molecule has 0 radical (unpaired) electrons. The van der Waals surface area contributed by atoms with E-state index in [1.165, 1.54) is 61.6 Å². The maximum absolute atomic E-state index is 13.0. The van der Waals surface area contributed by atoms with Crippen molar-refractivity contribution in [2.75, 3.05) is 0 Å². The number of phenols is 1. The number of esters is 1. The number of rotatable bonds is 14. The molecule has 0 bridgehead atoms. The van der Waals surface area contributed by atoms with E-state index in [1.807, 2.05) is 54.6 Å². The van der Waals surface area contributed by atoms with Gasteiger partial charge in [0.15, 0.2) is 30.9 Å². The summed E-state index contributed by atoms with van der Waals surface area (Å²) in [6.07, 6.45) is -0.236. The molecule has 79 heavy (non-hydrogen) atoms. The van der Waals surface area contributed by atoms with Gasteiger partial charge in [-0.05, 0) is 156 Å². The van der Waals surface area contributed by atoms with Crippen molar-refractivity contribution < 1.29 is 41.5 Å². The molecule has 6 atom stereocenters. The highest BCUT2D eigenvalue weighted by atomic mass is 32.2. The van der Waals surface area contributed by atoms with Crippen LogP contribution >= 0.6 is 0 Å². The third-order valence-electron chi connectivity index (χ3n) is 14.8. The third kappa shape index (κ3) is 17.2. The van der Waals surface area contributed by atoms with Crippen LogP contribution in [0.5, 0.6) is 5.75 Å². The Kier molecular flexibility index (Phi) is 23.6. The first-order chi connectivity index (χ1) is 37.6. The van der Waals surface area contributed by atoms with Gasteiger partial charge in [0.25, 0.3) is 0 Å². The molecule has 0 spiro atoms. The lowest BCUT2D eigenvalue weighted by Gasteiger charge is -2.29. The average molecular weight is 1110 g/mol. The molecular weight excluding hydrogens is 1030 g/mol. The Labute approximate surface area is 471 Å². The molecule has 9 rings (SSSR count). The van der Waals surface area contributed by atoms with E-state index in [0.717, 1.165) is 24.0 Å². The van der Waals surface area contributed by atoms with Crippen LogP contribution in [-0.2, 0) is 30.5 Å². The van der Waals surface area contributed by atoms with E-state index < -0.39 is 39.0 Å². The molecule has 0 aliphatic heterocycles. The molecule has 8 aromatic rings. The van der Waals surface area contributed by atoms with Gasteiger partial charge in [-0.1, -0.05) is 206 Å². The molecule has 0 saturated carbocycles. The van der Waals surface area contributed by atoms with Gasteiger partial charge in [0.1, 0.15) is 11.9 Å². The monoisotopic (exact) mass is 1110 g/mol. The number of carbonyl (C=O) groups excluding carboxylic acids is 1. The topological polar surface area (TPSA) is 124 Å². The zero-order chi connectivity index (χ0) is 57.9. The van der Waals surface area contributed by atoms with Gasteiger partial charge in [-0.3, -0.25) is 4.79 Å². The fourth-order valence-corrected chi connectivity index (χ4v) is 11.2. The molecule has 0 heterocycles. The van der Waals surface area contributed by atoms with Crippen LogP contribution in [-0.4, -0.2) is 40.5 Å². The predicted molar refractivity (Wildman–Crippen MR) is 319 cm³/mol. The molecule has 2 N–H and O–H groups in total. The highest BCUT2D eigenvalue weighted by molar-refractivity contribution is 7.97. The lowest BCUT2D eigenvalue weighted by molar-refractivity contribution is -0.170. The van der Waals surface area contributed by atoms with Gasteiger partial charge in [0.2, 0.25) is 0 Å². The Hall–Kier alpha value is -6.63. The van der Waals surface area contributed by atoms with Crippen LogP contribution in [0.15, 0.2) is 221 Å². The Balaban J connectivity index is 0.000000184. The predicted octanol–water partition coefficient (Wildman–Crippen LogP) is 17.5. The van der Waals surface area contributed by atoms with Crippen LogP contribution in [0.3, 0.4) is 0 Å². The Bertz CT molecular complexity index is 3060. The summed E-state index contributed by atoms with van der Waals surface area (Å²) < 4.78 is 61.2. The van der Waals surface area contributed by atoms with Crippen molar-refractivity contribution in [3.05, 3.63) is 240 Å². The van der Waals surface area contributed by atoms with Gasteiger partial charge in [-0.15, -0.1) is 0 Å². The van der Waals surface area contributed by atoms with Gasteiger partial charge in [-0.25, -0.2) is 8.42 Å². The number of benzene rings is 8. The SMILES string of the molecule is CC1c2cccc3cccc(c23)C1C.CCC(C)(C)C(=O)OC(C)C(F)(F)S(=O)(=O)[O-].CCC(C)c1ccc(C(O)c2ccccc2)cc1.CCC(C)c1ccc(O)cc1.c1ccc([S+](c2ccccc2)c2ccccc2)cc1. The first-order valence-corrected chi connectivity index (χ1v) is 29.8. The smallest absolute Gasteiger partial charge is 0.369 e. The number of aliphatic hydroxyl groups is 1. The Morgan fingerprint density at radius 1 is 0.570 bits per heavy atom. The van der Waals surface area contributed by atoms with E-state index >= 15 is 0 Å². The average Bonchev–Trinajstić information content (AvgIpc) is 3.77. The second-order valence-electron chi connectivity index (χ2n) is 20.6. The van der Waals surface area contributed by atoms with Crippen molar-refractivity contribution >= 4 is 37.8 Å². The first-order valence-electron chi connectivity index (χ1n) is 27.1. The lowest BCUT2D eigenvalue weighted by atomic mass is 9.91. The number of hydrogen-bond donors (Lipinski definition) is 2. The van der Waals surface area contributed by atoms with Gasteiger partial charge in [-0.2, -0.15) is 8.78 Å². The molecule has 11 heteroatoms. The molecule has 0 fully saturated rings. The second kappa shape index (κ2) is 29.5. The van der Waals surface area contributed by atoms with Gasteiger partial charge >= 0.3 is 11.2 Å². The minimum atomic E-state index is -5.86. The van der Waals surface area contributed by atoms with E-state index in [0.29, 0.717) is 42.8 Å². The van der Waals surface area contributed by atoms with Crippen LogP contribution in [0, 0.1) is 5.41 Å². The van der Waals surface area contributed by atoms with E-state index in [-0.39, 0.29) is 10.9 Å². The zero-order valence-corrected chi connectivity index (χ0v) is 48.9. The van der Waals surface area contributed by atoms with E-state index in [9.17, 15) is 31.7 Å². The molecule has 1 aliphatic rings. The molecule has 0 saturated heterocycles. The number of ether oxygens (including phenoxy) is 1. The standard InChI is InChI=1S/C18H15S.C17H20O.C14H14.C10H14O.C9H16F2O5S/c1-4-10-16(11-5-1)19(17-12-6-2-7-13-17)18-14-8-3-9-15-18;1-3-13(2)14-9-11-16(12-10-14)17(18)15-7-5-4-6-8-15;1-9-10(2)13-8-4-6-11-5-3-7-12(9)14(11)13;1-3-8(2)9-4-6-10(11)7-5-9;1-5-8(3,4)7(12)16-6(2)9(10,11)17(13,14)15/h1-15H;4-13,17-18H,3H2,1-2H3;3-10H,1-2H3;4-8,11H,3H2,1-2H3;6H,5H2,1-4H3,(H,13,14,15)/q+1;;;;/p-1. The van der Waals surface area contributed by atoms with E-state index in [2.05, 4.69) is 186 Å². The number of halogens is 2. The Morgan fingerprint density at radius 3 is 1.29 bits per heavy atom. The summed E-state index contributed by atoms with van der Waals surface area (Å²) in [6.45, 7) is 18.7. The van der Waals surface area contributed by atoms with Crippen molar-refractivity contribution in [3.8, 4) is 5.75 Å². The minimum Gasteiger partial charge on any atom is -0.743 e. The summed E-state index contributed by atoms with van der Waals surface area (Å²) in [5.74, 6) is 1.89. The normalized spacial score (nSPS) is 15.2. The number of aromatic hydroxyl groups is 1. The fraction of sp³-hybridized carbons (Fsp3) is 0.309. The van der Waals surface area contributed by atoms with Crippen LogP contribution in [0.25, 0.3) is 10.8 Å². The second-order valence-corrected chi connectivity index (χ2v) is 24.1. The molecule has 8 aromatic carbocycles. The summed E-state index contributed by atoms with van der Waals surface area (Å²) in [5.41, 5.74) is 6.57. The third-order valence-corrected chi connectivity index (χ3v) is 18.0. The lowest BCUT2D eigenvalue weighted by Crippen LogP contribution is -2.44. The minimum absolute atomic E-state index is 0.0146. The highest BCUT2D eigenvalue weighted by Crippen LogP contribution is 2.46. The van der Waals surface area contributed by atoms with Gasteiger partial charge < -0.3 is 19.5 Å². The molecule has 6 unspecified atom stereocenters. The first kappa shape index (κ1) is 63.2. The fourth-order valence-electron chi connectivity index (χ4n) is 8.62. The number of alkyl halides is 2. The molecule has 7 nitrogen and oxygen atoms in total. The summed E-state index contributed by atoms with van der Waals surface area (Å²) in [6, 6.07) is 71.0. The summed E-state index contributed by atoms with van der Waals surface area (Å²) in [4.78, 5) is 15.5. The van der Waals surface area contributed by atoms with Crippen molar-refractivity contribution in [3.63, 3.8) is 0 Å². The largest absolute Gasteiger partial charge is 0.743 e. The quantitative estimate of drug-likeness (QED) is 0.0631. The number of hydrogen-bond acceptors (Lipinski definition) is 7. The maximum atomic E-state index is 13.0. The summed E-state index contributed by atoms with van der Waals surface area (Å²) in [5, 5.41) is 17.6. The maximum Gasteiger partial charge on any atom is 0.369 e. The van der Waals surface area contributed by atoms with Gasteiger partial charge in [0, 0.05) is 0 Å². The van der Waals surface area contributed by atoms with Crippen LogP contribution < -0.4 is 0 Å². The number of aliphatic hydroxyl groups excluding tert-OH is 1. The van der Waals surface area contributed by atoms with Crippen molar-refractivity contribution in [2.24, 2.45) is 5.41 Å². The molecule has 0 amide bonds. The molecule has 0 aromatic heterocycles. The molecular formula is C68H78F2O7S2. The van der Waals surface area contributed by atoms with Crippen LogP contribution in [0.4, 0.5) is 8.78 Å². The summed E-state index contributed by atoms with van der Waals surface area (Å²) >= 11 is 0. The van der Waals surface area contributed by atoms with E-state index in [4.69, 9.17) is 5.11 Å². The molecule has 418 valence electrons.